The van der Waals surface area contributed by atoms with Crippen LogP contribution in [0.3, 0.4) is 0 Å². The van der Waals surface area contributed by atoms with Crippen molar-refractivity contribution in [1.82, 2.24) is 15.1 Å². The Balaban J connectivity index is 2.78. The fraction of sp³-hybridized carbons (Fsp3) is 0.643. The van der Waals surface area contributed by atoms with E-state index in [9.17, 15) is 0 Å². The van der Waals surface area contributed by atoms with Crippen LogP contribution in [0.2, 0.25) is 0 Å². The Morgan fingerprint density at radius 3 is 2.82 bits per heavy atom. The molecule has 0 saturated carbocycles. The number of nitrogens with zero attached hydrogens (tertiary/aromatic N) is 2. The lowest BCUT2D eigenvalue weighted by molar-refractivity contribution is 0.604. The fourth-order valence-corrected chi connectivity index (χ4v) is 1.84. The van der Waals surface area contributed by atoms with Crippen LogP contribution in [0.4, 0.5) is 0 Å². The van der Waals surface area contributed by atoms with E-state index in [4.69, 9.17) is 0 Å². The van der Waals surface area contributed by atoms with E-state index >= 15 is 0 Å². The summed E-state index contributed by atoms with van der Waals surface area (Å²) in [6.45, 7) is 9.80. The molecule has 17 heavy (non-hydrogen) atoms. The van der Waals surface area contributed by atoms with Crippen molar-refractivity contribution < 1.29 is 0 Å². The Labute approximate surface area is 105 Å². The maximum absolute atomic E-state index is 4.46. The third-order valence-electron chi connectivity index (χ3n) is 3.04. The summed E-state index contributed by atoms with van der Waals surface area (Å²) < 4.78 is 1.89. The van der Waals surface area contributed by atoms with E-state index in [1.54, 1.807) is 0 Å². The molecule has 96 valence electrons. The largest absolute Gasteiger partial charge is 0.311 e. The maximum Gasteiger partial charge on any atom is 0.0694 e. The first-order valence-corrected chi connectivity index (χ1v) is 6.52. The summed E-state index contributed by atoms with van der Waals surface area (Å²) in [6, 6.07) is 0.430. The summed E-state index contributed by atoms with van der Waals surface area (Å²) in [5.74, 6) is 0. The number of rotatable bonds is 6. The van der Waals surface area contributed by atoms with Crippen molar-refractivity contribution in [1.29, 1.82) is 0 Å². The zero-order valence-electron chi connectivity index (χ0n) is 11.7. The van der Waals surface area contributed by atoms with Gasteiger partial charge in [-0.25, -0.2) is 0 Å². The molecule has 0 saturated heterocycles. The molecule has 1 aromatic rings. The molecule has 0 spiro atoms. The van der Waals surface area contributed by atoms with Crippen molar-refractivity contribution in [3.63, 3.8) is 0 Å². The van der Waals surface area contributed by atoms with Crippen LogP contribution in [-0.2, 0) is 13.5 Å². The van der Waals surface area contributed by atoms with E-state index in [2.05, 4.69) is 50.4 Å². The summed E-state index contributed by atoms with van der Waals surface area (Å²) in [5.41, 5.74) is 3.79. The van der Waals surface area contributed by atoms with Crippen LogP contribution in [-0.4, -0.2) is 22.4 Å². The first-order valence-electron chi connectivity index (χ1n) is 6.52. The van der Waals surface area contributed by atoms with Gasteiger partial charge < -0.3 is 5.32 Å². The third kappa shape index (κ3) is 4.00. The molecule has 3 nitrogen and oxygen atoms in total. The Hall–Kier alpha value is -1.09. The van der Waals surface area contributed by atoms with E-state index in [0.717, 1.165) is 13.0 Å². The molecule has 1 rings (SSSR count). The highest BCUT2D eigenvalue weighted by atomic mass is 15.2. The zero-order chi connectivity index (χ0) is 12.8. The van der Waals surface area contributed by atoms with Crippen LogP contribution in [0.1, 0.15) is 45.4 Å². The molecular weight excluding hydrogens is 210 g/mol. The highest BCUT2D eigenvalue weighted by molar-refractivity contribution is 5.55. The van der Waals surface area contributed by atoms with Crippen LogP contribution in [0.25, 0.3) is 6.08 Å². The molecule has 0 fully saturated rings. The predicted octanol–water partition coefficient (Wildman–Crippen LogP) is 2.77. The molecule has 0 aliphatic carbocycles. The smallest absolute Gasteiger partial charge is 0.0694 e. The van der Waals surface area contributed by atoms with Gasteiger partial charge in [0.2, 0.25) is 0 Å². The number of aryl methyl sites for hydroxylation is 2. The van der Waals surface area contributed by atoms with Gasteiger partial charge in [-0.2, -0.15) is 5.10 Å². The first-order chi connectivity index (χ1) is 8.08. The fourth-order valence-electron chi connectivity index (χ4n) is 1.84. The average molecular weight is 235 g/mol. The molecule has 1 N–H and O–H groups in total. The monoisotopic (exact) mass is 235 g/mol. The number of nitrogens with one attached hydrogen (secondary N) is 1. The van der Waals surface area contributed by atoms with Crippen LogP contribution in [0.5, 0.6) is 0 Å². The molecule has 3 heteroatoms. The zero-order valence-corrected chi connectivity index (χ0v) is 11.7. The highest BCUT2D eigenvalue weighted by Crippen LogP contribution is 2.14. The minimum Gasteiger partial charge on any atom is -0.311 e. The second-order valence-electron chi connectivity index (χ2n) is 4.62. The Morgan fingerprint density at radius 2 is 2.24 bits per heavy atom. The maximum atomic E-state index is 4.46. The number of hydrogen-bond donors (Lipinski definition) is 1. The van der Waals surface area contributed by atoms with Gasteiger partial charge in [-0.05, 0) is 33.2 Å². The quantitative estimate of drug-likeness (QED) is 0.821. The minimum absolute atomic E-state index is 0.430. The van der Waals surface area contributed by atoms with Gasteiger partial charge in [0.15, 0.2) is 0 Å². The Kier molecular flexibility index (Phi) is 5.42. The summed E-state index contributed by atoms with van der Waals surface area (Å²) >= 11 is 0. The Bertz CT molecular complexity index is 377. The highest BCUT2D eigenvalue weighted by Gasteiger charge is 2.06. The number of hydrogen-bond acceptors (Lipinski definition) is 2. The van der Waals surface area contributed by atoms with E-state index in [0.29, 0.717) is 6.04 Å². The molecule has 0 radical (unpaired) electrons. The lowest BCUT2D eigenvalue weighted by Crippen LogP contribution is -2.27. The average Bonchev–Trinajstić information content (AvgIpc) is 2.66. The topological polar surface area (TPSA) is 29.9 Å². The molecule has 1 unspecified atom stereocenters. The van der Waals surface area contributed by atoms with Gasteiger partial charge >= 0.3 is 0 Å². The summed E-state index contributed by atoms with van der Waals surface area (Å²) in [7, 11) is 1.98. The van der Waals surface area contributed by atoms with Crippen LogP contribution >= 0.6 is 0 Å². The SMILES string of the molecule is CCCNC(C)C(C)=Cc1cn(C)nc1CC. The van der Waals surface area contributed by atoms with Gasteiger partial charge in [0, 0.05) is 24.8 Å². The number of aromatic nitrogens is 2. The van der Waals surface area contributed by atoms with Gasteiger partial charge in [-0.15, -0.1) is 0 Å². The van der Waals surface area contributed by atoms with Crippen molar-refractivity contribution in [2.24, 2.45) is 7.05 Å². The molecule has 0 aliphatic rings. The summed E-state index contributed by atoms with van der Waals surface area (Å²) in [6.07, 6.45) is 6.50. The minimum atomic E-state index is 0.430. The van der Waals surface area contributed by atoms with Crippen LogP contribution < -0.4 is 5.32 Å². The summed E-state index contributed by atoms with van der Waals surface area (Å²) in [5, 5.41) is 7.96. The van der Waals surface area contributed by atoms with Crippen molar-refractivity contribution >= 4 is 6.08 Å². The van der Waals surface area contributed by atoms with Gasteiger partial charge in [-0.1, -0.05) is 25.5 Å². The molecule has 1 heterocycles. The second kappa shape index (κ2) is 6.60. The van der Waals surface area contributed by atoms with E-state index in [1.165, 1.54) is 23.3 Å². The standard InChI is InChI=1S/C14H25N3/c1-6-8-15-12(4)11(3)9-13-10-17(5)16-14(13)7-2/h9-10,12,15H,6-8H2,1-5H3. The molecule has 0 bridgehead atoms. The van der Waals surface area contributed by atoms with Crippen LogP contribution in [0, 0.1) is 0 Å². The van der Waals surface area contributed by atoms with E-state index in [1.807, 2.05) is 11.7 Å². The third-order valence-corrected chi connectivity index (χ3v) is 3.04. The second-order valence-corrected chi connectivity index (χ2v) is 4.62. The molecule has 0 aromatic carbocycles. The van der Waals surface area contributed by atoms with Crippen molar-refractivity contribution in [2.45, 2.75) is 46.6 Å². The lowest BCUT2D eigenvalue weighted by Gasteiger charge is -2.13. The first kappa shape index (κ1) is 14.0. The van der Waals surface area contributed by atoms with Crippen LogP contribution in [0.15, 0.2) is 11.8 Å². The molecule has 1 atom stereocenters. The normalized spacial score (nSPS) is 14.1. The summed E-state index contributed by atoms with van der Waals surface area (Å²) in [4.78, 5) is 0. The van der Waals surface area contributed by atoms with Crippen molar-refractivity contribution in [3.8, 4) is 0 Å². The molecular formula is C14H25N3. The van der Waals surface area contributed by atoms with E-state index < -0.39 is 0 Å². The predicted molar refractivity (Wildman–Crippen MR) is 74.0 cm³/mol. The lowest BCUT2D eigenvalue weighted by atomic mass is 10.1. The Morgan fingerprint density at radius 1 is 1.53 bits per heavy atom. The molecule has 1 aromatic heterocycles. The van der Waals surface area contributed by atoms with Crippen molar-refractivity contribution in [3.05, 3.63) is 23.0 Å². The van der Waals surface area contributed by atoms with E-state index in [-0.39, 0.29) is 0 Å². The molecule has 0 amide bonds. The van der Waals surface area contributed by atoms with Gasteiger partial charge in [-0.3, -0.25) is 4.68 Å². The molecule has 0 aliphatic heterocycles. The van der Waals surface area contributed by atoms with Gasteiger partial charge in [0.1, 0.15) is 0 Å². The van der Waals surface area contributed by atoms with Gasteiger partial charge in [0.25, 0.3) is 0 Å². The van der Waals surface area contributed by atoms with Gasteiger partial charge in [0.05, 0.1) is 5.69 Å². The van der Waals surface area contributed by atoms with Crippen molar-refractivity contribution in [2.75, 3.05) is 6.54 Å².